The second-order valence-electron chi connectivity index (χ2n) is 5.46. The number of amides is 2. The van der Waals surface area contributed by atoms with Crippen LogP contribution >= 0.6 is 15.9 Å². The summed E-state index contributed by atoms with van der Waals surface area (Å²) in [6.07, 6.45) is 2.14. The van der Waals surface area contributed by atoms with Crippen LogP contribution in [-0.2, 0) is 4.79 Å². The molecule has 2 rings (SSSR count). The van der Waals surface area contributed by atoms with Crippen molar-refractivity contribution in [3.05, 3.63) is 34.3 Å². The van der Waals surface area contributed by atoms with Gasteiger partial charge in [0.2, 0.25) is 5.91 Å². The molecular formula is C16H21BrN2O3. The molecule has 0 aliphatic carbocycles. The lowest BCUT2D eigenvalue weighted by molar-refractivity contribution is -0.125. The molecule has 5 nitrogen and oxygen atoms in total. The number of carbonyl (C=O) groups is 2. The van der Waals surface area contributed by atoms with Crippen LogP contribution in [-0.4, -0.2) is 47.1 Å². The number of benzene rings is 1. The number of carbonyl (C=O) groups excluding carboxylic acids is 2. The van der Waals surface area contributed by atoms with Gasteiger partial charge in [0.1, 0.15) is 6.04 Å². The van der Waals surface area contributed by atoms with Gasteiger partial charge in [0.25, 0.3) is 5.91 Å². The first-order chi connectivity index (χ1) is 10.6. The molecule has 1 saturated heterocycles. The summed E-state index contributed by atoms with van der Waals surface area (Å²) in [6, 6.07) is 6.44. The summed E-state index contributed by atoms with van der Waals surface area (Å²) in [7, 11) is 0. The van der Waals surface area contributed by atoms with Crippen molar-refractivity contribution < 1.29 is 14.7 Å². The molecule has 6 heteroatoms. The number of rotatable bonds is 5. The van der Waals surface area contributed by atoms with Gasteiger partial charge in [0.05, 0.1) is 12.6 Å². The van der Waals surface area contributed by atoms with Crippen molar-refractivity contribution in [1.29, 1.82) is 0 Å². The third kappa shape index (κ3) is 3.87. The van der Waals surface area contributed by atoms with Crippen molar-refractivity contribution in [2.24, 2.45) is 0 Å². The molecule has 1 aromatic rings. The fourth-order valence-corrected chi connectivity index (χ4v) is 2.88. The zero-order valence-corrected chi connectivity index (χ0v) is 14.2. The van der Waals surface area contributed by atoms with E-state index >= 15 is 0 Å². The van der Waals surface area contributed by atoms with E-state index in [9.17, 15) is 14.7 Å². The van der Waals surface area contributed by atoms with Gasteiger partial charge in [-0.1, -0.05) is 22.9 Å². The molecule has 0 radical (unpaired) electrons. The SMILES string of the molecule is CC[C@@H](CO)NC(=O)C1CCCN1C(=O)c1ccc(Br)cc1. The summed E-state index contributed by atoms with van der Waals surface area (Å²) in [6.45, 7) is 2.40. The van der Waals surface area contributed by atoms with E-state index in [-0.39, 0.29) is 24.5 Å². The highest BCUT2D eigenvalue weighted by Crippen LogP contribution is 2.21. The van der Waals surface area contributed by atoms with Gasteiger partial charge in [-0.05, 0) is 43.5 Å². The smallest absolute Gasteiger partial charge is 0.254 e. The van der Waals surface area contributed by atoms with Gasteiger partial charge < -0.3 is 15.3 Å². The number of likely N-dealkylation sites (tertiary alicyclic amines) is 1. The van der Waals surface area contributed by atoms with Crippen LogP contribution in [0.15, 0.2) is 28.7 Å². The molecule has 22 heavy (non-hydrogen) atoms. The lowest BCUT2D eigenvalue weighted by Gasteiger charge is -2.26. The second kappa shape index (κ2) is 7.74. The molecular weight excluding hydrogens is 348 g/mol. The number of nitrogens with zero attached hydrogens (tertiary/aromatic N) is 1. The number of halogens is 1. The minimum atomic E-state index is -0.447. The Morgan fingerprint density at radius 2 is 2.09 bits per heavy atom. The summed E-state index contributed by atoms with van der Waals surface area (Å²) in [5, 5.41) is 12.0. The van der Waals surface area contributed by atoms with Gasteiger partial charge in [0.15, 0.2) is 0 Å². The fraction of sp³-hybridized carbons (Fsp3) is 0.500. The number of nitrogens with one attached hydrogen (secondary N) is 1. The summed E-state index contributed by atoms with van der Waals surface area (Å²) >= 11 is 3.34. The minimum absolute atomic E-state index is 0.0877. The predicted molar refractivity (Wildman–Crippen MR) is 87.5 cm³/mol. The van der Waals surface area contributed by atoms with Crippen molar-refractivity contribution in [3.63, 3.8) is 0 Å². The largest absolute Gasteiger partial charge is 0.394 e. The molecule has 1 fully saturated rings. The maximum Gasteiger partial charge on any atom is 0.254 e. The Balaban J connectivity index is 2.08. The first-order valence-electron chi connectivity index (χ1n) is 7.54. The highest BCUT2D eigenvalue weighted by Gasteiger charge is 2.35. The third-order valence-electron chi connectivity index (χ3n) is 3.97. The molecule has 1 unspecified atom stereocenters. The van der Waals surface area contributed by atoms with E-state index in [1.165, 1.54) is 0 Å². The number of hydrogen-bond donors (Lipinski definition) is 2. The molecule has 1 aliphatic heterocycles. The molecule has 0 bridgehead atoms. The van der Waals surface area contributed by atoms with Crippen LogP contribution in [0.1, 0.15) is 36.5 Å². The van der Waals surface area contributed by atoms with E-state index in [0.717, 1.165) is 10.9 Å². The van der Waals surface area contributed by atoms with Gasteiger partial charge in [-0.15, -0.1) is 0 Å². The summed E-state index contributed by atoms with van der Waals surface area (Å²) in [5.41, 5.74) is 0.581. The molecule has 2 N–H and O–H groups in total. The van der Waals surface area contributed by atoms with Crippen molar-refractivity contribution in [1.82, 2.24) is 10.2 Å². The van der Waals surface area contributed by atoms with Crippen LogP contribution in [0.3, 0.4) is 0 Å². The standard InChI is InChI=1S/C16H21BrN2O3/c1-2-13(10-20)18-15(21)14-4-3-9-19(14)16(22)11-5-7-12(17)8-6-11/h5-8,13-14,20H,2-4,9-10H2,1H3,(H,18,21)/t13-,14?/m0/s1. The highest BCUT2D eigenvalue weighted by molar-refractivity contribution is 9.10. The molecule has 2 atom stereocenters. The van der Waals surface area contributed by atoms with E-state index in [1.807, 2.05) is 19.1 Å². The Hall–Kier alpha value is -1.40. The molecule has 120 valence electrons. The monoisotopic (exact) mass is 368 g/mol. The maximum atomic E-state index is 12.6. The van der Waals surface area contributed by atoms with Gasteiger partial charge in [-0.2, -0.15) is 0 Å². The first-order valence-corrected chi connectivity index (χ1v) is 8.34. The van der Waals surface area contributed by atoms with Gasteiger partial charge in [0, 0.05) is 16.6 Å². The zero-order chi connectivity index (χ0) is 16.1. The number of aliphatic hydroxyl groups excluding tert-OH is 1. The van der Waals surface area contributed by atoms with Crippen LogP contribution in [0, 0.1) is 0 Å². The molecule has 0 aromatic heterocycles. The van der Waals surface area contributed by atoms with Crippen LogP contribution < -0.4 is 5.32 Å². The predicted octanol–water partition coefficient (Wildman–Crippen LogP) is 1.94. The van der Waals surface area contributed by atoms with E-state index < -0.39 is 6.04 Å². The molecule has 1 aliphatic rings. The molecule has 1 heterocycles. The Morgan fingerprint density at radius 1 is 1.41 bits per heavy atom. The Bertz CT molecular complexity index is 529. The van der Waals surface area contributed by atoms with Crippen molar-refractivity contribution in [3.8, 4) is 0 Å². The van der Waals surface area contributed by atoms with Crippen LogP contribution in [0.25, 0.3) is 0 Å². The van der Waals surface area contributed by atoms with Gasteiger partial charge >= 0.3 is 0 Å². The van der Waals surface area contributed by atoms with Crippen LogP contribution in [0.5, 0.6) is 0 Å². The lowest BCUT2D eigenvalue weighted by Crippen LogP contribution is -2.49. The van der Waals surface area contributed by atoms with Crippen molar-refractivity contribution in [2.45, 2.75) is 38.3 Å². The first kappa shape index (κ1) is 17.0. The highest BCUT2D eigenvalue weighted by atomic mass is 79.9. The Kier molecular flexibility index (Phi) is 5.97. The summed E-state index contributed by atoms with van der Waals surface area (Å²) in [5.74, 6) is -0.300. The maximum absolute atomic E-state index is 12.6. The van der Waals surface area contributed by atoms with Crippen molar-refractivity contribution >= 4 is 27.7 Å². The zero-order valence-electron chi connectivity index (χ0n) is 12.6. The van der Waals surface area contributed by atoms with E-state index in [2.05, 4.69) is 21.2 Å². The van der Waals surface area contributed by atoms with Gasteiger partial charge in [-0.25, -0.2) is 0 Å². The Morgan fingerprint density at radius 3 is 2.68 bits per heavy atom. The number of hydrogen-bond acceptors (Lipinski definition) is 3. The van der Waals surface area contributed by atoms with Crippen molar-refractivity contribution in [2.75, 3.05) is 13.2 Å². The fourth-order valence-electron chi connectivity index (χ4n) is 2.61. The van der Waals surface area contributed by atoms with E-state index in [0.29, 0.717) is 24.9 Å². The molecule has 0 spiro atoms. The topological polar surface area (TPSA) is 69.6 Å². The van der Waals surface area contributed by atoms with Crippen LogP contribution in [0.2, 0.25) is 0 Å². The number of aliphatic hydroxyl groups is 1. The second-order valence-corrected chi connectivity index (χ2v) is 6.38. The normalized spacial score (nSPS) is 19.0. The third-order valence-corrected chi connectivity index (χ3v) is 4.50. The summed E-state index contributed by atoms with van der Waals surface area (Å²) < 4.78 is 0.911. The summed E-state index contributed by atoms with van der Waals surface area (Å²) in [4.78, 5) is 26.6. The van der Waals surface area contributed by atoms with E-state index in [4.69, 9.17) is 0 Å². The average Bonchev–Trinajstić information content (AvgIpc) is 3.02. The van der Waals surface area contributed by atoms with Crippen LogP contribution in [0.4, 0.5) is 0 Å². The molecule has 2 amide bonds. The van der Waals surface area contributed by atoms with Gasteiger partial charge in [-0.3, -0.25) is 9.59 Å². The minimum Gasteiger partial charge on any atom is -0.394 e. The van der Waals surface area contributed by atoms with E-state index in [1.54, 1.807) is 17.0 Å². The molecule has 0 saturated carbocycles. The Labute approximate surface area is 138 Å². The average molecular weight is 369 g/mol. The molecule has 1 aromatic carbocycles. The lowest BCUT2D eigenvalue weighted by atomic mass is 10.1. The quantitative estimate of drug-likeness (QED) is 0.834.